The van der Waals surface area contributed by atoms with Crippen molar-refractivity contribution < 1.29 is 19.4 Å². The number of aryl methyl sites for hydroxylation is 1. The minimum absolute atomic E-state index is 0.0708. The number of nitrogens with one attached hydrogen (secondary N) is 2. The molecule has 1 aliphatic rings. The maximum absolute atomic E-state index is 11.1. The summed E-state index contributed by atoms with van der Waals surface area (Å²) in [5.74, 6) is 2.02. The molecule has 2 rings (SSSR count). The summed E-state index contributed by atoms with van der Waals surface area (Å²) < 4.78 is 11.2. The SMILES string of the molecule is CC.CCC(C)C=Nc1c(C)nc(N)nc1NC.CCCCCCCCCCC(C=O)NCOCC1CC(C)CO1.CO.CS. The number of hydrogen-bond acceptors (Lipinski definition) is 11. The van der Waals surface area contributed by atoms with E-state index in [0.717, 1.165) is 57.1 Å². The normalized spacial score (nSPS) is 16.4. The van der Waals surface area contributed by atoms with Crippen LogP contribution in [0.3, 0.4) is 0 Å². The fourth-order valence-electron chi connectivity index (χ4n) is 4.30. The summed E-state index contributed by atoms with van der Waals surface area (Å²) in [6.07, 6.45) is 18.3. The average Bonchev–Trinajstić information content (AvgIpc) is 3.49. The van der Waals surface area contributed by atoms with E-state index in [1.807, 2.05) is 27.0 Å². The molecule has 0 bridgehead atoms. The number of aldehydes is 1. The Balaban J connectivity index is -0.000000700. The monoisotopic (exact) mass is 659 g/mol. The Hall–Kier alpha value is -1.79. The predicted octanol–water partition coefficient (Wildman–Crippen LogP) is 7.41. The first kappa shape index (κ1) is 47.6. The number of unbranched alkanes of at least 4 members (excludes halogenated alkanes) is 7. The van der Waals surface area contributed by atoms with Crippen LogP contribution in [0.25, 0.3) is 0 Å². The van der Waals surface area contributed by atoms with E-state index in [-0.39, 0.29) is 18.1 Å². The van der Waals surface area contributed by atoms with E-state index in [9.17, 15) is 4.79 Å². The number of carbonyl (C=O) groups excluding carboxylic acids is 1. The van der Waals surface area contributed by atoms with E-state index in [1.54, 1.807) is 13.3 Å². The van der Waals surface area contributed by atoms with Crippen molar-refractivity contribution in [3.8, 4) is 0 Å². The lowest BCUT2D eigenvalue weighted by Gasteiger charge is -2.14. The van der Waals surface area contributed by atoms with Crippen LogP contribution in [0.4, 0.5) is 17.5 Å². The summed E-state index contributed by atoms with van der Waals surface area (Å²) >= 11 is 3.53. The average molecular weight is 659 g/mol. The van der Waals surface area contributed by atoms with Gasteiger partial charge in [-0.25, -0.2) is 4.98 Å². The van der Waals surface area contributed by atoms with Gasteiger partial charge in [-0.2, -0.15) is 17.6 Å². The Morgan fingerprint density at radius 3 is 2.22 bits per heavy atom. The van der Waals surface area contributed by atoms with Gasteiger partial charge in [0.25, 0.3) is 0 Å². The first-order valence-corrected chi connectivity index (χ1v) is 17.9. The topological polar surface area (TPSA) is 144 Å². The summed E-state index contributed by atoms with van der Waals surface area (Å²) in [6, 6.07) is -0.0708. The van der Waals surface area contributed by atoms with Crippen LogP contribution in [0.5, 0.6) is 0 Å². The second kappa shape index (κ2) is 35.1. The molecule has 266 valence electrons. The molecule has 4 atom stereocenters. The molecular formula is C34H70N6O4S. The van der Waals surface area contributed by atoms with Gasteiger partial charge in [0.2, 0.25) is 5.95 Å². The highest BCUT2D eigenvalue weighted by molar-refractivity contribution is 7.79. The summed E-state index contributed by atoms with van der Waals surface area (Å²) in [5, 5.41) is 13.2. The quantitative estimate of drug-likeness (QED) is 0.0337. The molecule has 2 heterocycles. The summed E-state index contributed by atoms with van der Waals surface area (Å²) in [4.78, 5) is 23.7. The molecule has 0 saturated carbocycles. The van der Waals surface area contributed by atoms with E-state index in [1.165, 1.54) is 44.9 Å². The molecule has 0 spiro atoms. The summed E-state index contributed by atoms with van der Waals surface area (Å²) in [7, 11) is 2.80. The van der Waals surface area contributed by atoms with Gasteiger partial charge in [0.1, 0.15) is 12.0 Å². The summed E-state index contributed by atoms with van der Waals surface area (Å²) in [5.41, 5.74) is 7.12. The number of nitrogens with two attached hydrogens (primary N) is 1. The van der Waals surface area contributed by atoms with Crippen molar-refractivity contribution >= 4 is 42.6 Å². The second-order valence-electron chi connectivity index (χ2n) is 10.8. The number of nitrogens with zero attached hydrogens (tertiary/aromatic N) is 3. The van der Waals surface area contributed by atoms with Crippen molar-refractivity contribution in [3.63, 3.8) is 0 Å². The fraction of sp³-hybridized carbons (Fsp3) is 0.824. The molecule has 0 radical (unpaired) electrons. The number of aliphatic hydroxyl groups is 1. The third-order valence-corrected chi connectivity index (χ3v) is 6.98. The van der Waals surface area contributed by atoms with Gasteiger partial charge in [-0.15, -0.1) is 0 Å². The lowest BCUT2D eigenvalue weighted by atomic mass is 10.1. The highest BCUT2D eigenvalue weighted by atomic mass is 32.1. The van der Waals surface area contributed by atoms with Crippen LogP contribution in [-0.4, -0.2) is 80.1 Å². The largest absolute Gasteiger partial charge is 0.400 e. The van der Waals surface area contributed by atoms with Gasteiger partial charge >= 0.3 is 0 Å². The van der Waals surface area contributed by atoms with Crippen molar-refractivity contribution in [1.82, 2.24) is 15.3 Å². The Morgan fingerprint density at radius 1 is 1.11 bits per heavy atom. The van der Waals surface area contributed by atoms with Gasteiger partial charge in [-0.3, -0.25) is 10.3 Å². The number of aliphatic imine (C=N–C) groups is 1. The number of aliphatic hydroxyl groups excluding tert-OH is 1. The zero-order chi connectivity index (χ0) is 34.9. The number of nitrogen functional groups attached to an aromatic ring is 1. The predicted molar refractivity (Wildman–Crippen MR) is 197 cm³/mol. The van der Waals surface area contributed by atoms with Crippen molar-refractivity contribution in [2.75, 3.05) is 51.4 Å². The number of carbonyl (C=O) groups is 1. The number of hydrogen-bond donors (Lipinski definition) is 5. The Bertz CT molecular complexity index is 819. The van der Waals surface area contributed by atoms with Crippen LogP contribution in [0, 0.1) is 18.8 Å². The molecule has 1 fully saturated rings. The van der Waals surface area contributed by atoms with E-state index < -0.39 is 0 Å². The van der Waals surface area contributed by atoms with E-state index in [0.29, 0.717) is 31.0 Å². The Labute approximate surface area is 282 Å². The molecule has 0 aromatic carbocycles. The number of rotatable bonds is 19. The molecular weight excluding hydrogens is 588 g/mol. The summed E-state index contributed by atoms with van der Waals surface area (Å²) in [6.45, 7) is 16.5. The van der Waals surface area contributed by atoms with Crippen molar-refractivity contribution in [1.29, 1.82) is 0 Å². The molecule has 1 aromatic rings. The van der Waals surface area contributed by atoms with Crippen molar-refractivity contribution in [2.45, 2.75) is 131 Å². The molecule has 5 N–H and O–H groups in total. The van der Waals surface area contributed by atoms with Gasteiger partial charge in [0.15, 0.2) is 5.82 Å². The first-order chi connectivity index (χ1) is 21.8. The van der Waals surface area contributed by atoms with Gasteiger partial charge in [-0.1, -0.05) is 92.9 Å². The highest BCUT2D eigenvalue weighted by Gasteiger charge is 2.21. The fourth-order valence-corrected chi connectivity index (χ4v) is 4.30. The maximum atomic E-state index is 11.1. The number of anilines is 2. The molecule has 1 aliphatic heterocycles. The number of aromatic nitrogens is 2. The molecule has 1 aromatic heterocycles. The van der Waals surface area contributed by atoms with Crippen LogP contribution in [-0.2, 0) is 14.3 Å². The van der Waals surface area contributed by atoms with E-state index >= 15 is 0 Å². The molecule has 0 aliphatic carbocycles. The van der Waals surface area contributed by atoms with Crippen molar-refractivity contribution in [3.05, 3.63) is 5.69 Å². The Kier molecular flexibility index (Phi) is 37.1. The van der Waals surface area contributed by atoms with Crippen LogP contribution >= 0.6 is 12.6 Å². The zero-order valence-electron chi connectivity index (χ0n) is 30.4. The maximum Gasteiger partial charge on any atom is 0.222 e. The smallest absolute Gasteiger partial charge is 0.222 e. The molecule has 11 heteroatoms. The van der Waals surface area contributed by atoms with Gasteiger partial charge in [-0.05, 0) is 44.3 Å². The molecule has 45 heavy (non-hydrogen) atoms. The third kappa shape index (κ3) is 26.0. The van der Waals surface area contributed by atoms with E-state index in [4.69, 9.17) is 20.3 Å². The zero-order valence-corrected chi connectivity index (χ0v) is 31.3. The van der Waals surface area contributed by atoms with Crippen LogP contribution in [0.1, 0.15) is 118 Å². The van der Waals surface area contributed by atoms with Crippen molar-refractivity contribution in [2.24, 2.45) is 16.8 Å². The molecule has 0 amide bonds. The van der Waals surface area contributed by atoms with Crippen LogP contribution in [0.2, 0.25) is 0 Å². The van der Waals surface area contributed by atoms with Crippen LogP contribution < -0.4 is 16.4 Å². The second-order valence-corrected chi connectivity index (χ2v) is 10.8. The van der Waals surface area contributed by atoms with Gasteiger partial charge < -0.3 is 30.4 Å². The lowest BCUT2D eigenvalue weighted by molar-refractivity contribution is -0.110. The molecule has 4 unspecified atom stereocenters. The minimum Gasteiger partial charge on any atom is -0.400 e. The number of ether oxygens (including phenoxy) is 2. The minimum atomic E-state index is -0.0708. The molecule has 1 saturated heterocycles. The van der Waals surface area contributed by atoms with Gasteiger partial charge in [0, 0.05) is 27.0 Å². The lowest BCUT2D eigenvalue weighted by Crippen LogP contribution is -2.33. The third-order valence-electron chi connectivity index (χ3n) is 6.98. The van der Waals surface area contributed by atoms with Crippen LogP contribution in [0.15, 0.2) is 4.99 Å². The van der Waals surface area contributed by atoms with Gasteiger partial charge in [0.05, 0.1) is 31.2 Å². The number of thiol groups is 1. The standard InChI is InChI=1S/C19H37NO3.C11H19N5.C2H6.CH4O.CH4S/c1-3-4-5-6-7-8-9-10-11-18(13-21)20-16-22-15-19-12-17(2)14-23-19;1-5-7(2)6-14-9-8(3)15-11(12)16-10(9)13-4;3*1-2/h13,17-20H,3-12,14-16H2,1-2H3;6-7H,5H2,1-4H3,(H3,12,13,15,16);1-2H3;2*2H,1H3. The van der Waals surface area contributed by atoms with E-state index in [2.05, 4.69) is 65.9 Å². The first-order valence-electron chi connectivity index (χ1n) is 17.0. The highest BCUT2D eigenvalue weighted by Crippen LogP contribution is 2.26. The Morgan fingerprint density at radius 2 is 1.71 bits per heavy atom. The molecule has 10 nitrogen and oxygen atoms in total.